The Balaban J connectivity index is 1.50. The first-order chi connectivity index (χ1) is 12.5. The molecule has 8 heteroatoms. The number of nitrogens with zero attached hydrogens (tertiary/aromatic N) is 3. The molecule has 26 heavy (non-hydrogen) atoms. The molecule has 1 atom stereocenters. The van der Waals surface area contributed by atoms with E-state index in [1.54, 1.807) is 11.8 Å². The van der Waals surface area contributed by atoms with Crippen LogP contribution in [0.5, 0.6) is 0 Å². The van der Waals surface area contributed by atoms with Crippen molar-refractivity contribution in [1.82, 2.24) is 20.4 Å². The van der Waals surface area contributed by atoms with E-state index < -0.39 is 0 Å². The number of aromatic nitrogens is 2. The molecular weight excluding hydrogens is 356 g/mol. The number of aryl methyl sites for hydroxylation is 1. The molecule has 1 aromatic heterocycles. The highest BCUT2D eigenvalue weighted by Crippen LogP contribution is 2.19. The molecule has 1 N–H and O–H groups in total. The van der Waals surface area contributed by atoms with Crippen LogP contribution in [0.15, 0.2) is 28.7 Å². The molecular formula is C18H21ClN4O3. The fourth-order valence-corrected chi connectivity index (χ4v) is 3.10. The zero-order chi connectivity index (χ0) is 18.5. The summed E-state index contributed by atoms with van der Waals surface area (Å²) in [5.74, 6) is 0.621. The molecule has 0 unspecified atom stereocenters. The number of piperidine rings is 1. The topological polar surface area (TPSA) is 88.3 Å². The molecule has 0 spiro atoms. The van der Waals surface area contributed by atoms with Gasteiger partial charge in [-0.25, -0.2) is 0 Å². The zero-order valence-corrected chi connectivity index (χ0v) is 15.3. The highest BCUT2D eigenvalue weighted by molar-refractivity contribution is 6.30. The highest BCUT2D eigenvalue weighted by atomic mass is 35.5. The van der Waals surface area contributed by atoms with Crippen LogP contribution in [-0.2, 0) is 22.6 Å². The number of halogens is 1. The van der Waals surface area contributed by atoms with Gasteiger partial charge in [-0.05, 0) is 30.5 Å². The van der Waals surface area contributed by atoms with Crippen molar-refractivity contribution in [3.05, 3.63) is 46.6 Å². The van der Waals surface area contributed by atoms with Crippen molar-refractivity contribution in [2.75, 3.05) is 13.1 Å². The summed E-state index contributed by atoms with van der Waals surface area (Å²) >= 11 is 5.89. The van der Waals surface area contributed by atoms with Gasteiger partial charge in [0.05, 0.1) is 12.5 Å². The van der Waals surface area contributed by atoms with Gasteiger partial charge in [0, 0.05) is 31.5 Å². The number of nitrogens with one attached hydrogen (secondary N) is 1. The molecule has 1 saturated heterocycles. The first-order valence-corrected chi connectivity index (χ1v) is 8.98. The quantitative estimate of drug-likeness (QED) is 0.834. The van der Waals surface area contributed by atoms with Gasteiger partial charge < -0.3 is 14.6 Å². The molecule has 2 heterocycles. The fraction of sp³-hybridized carbons (Fsp3) is 0.444. The molecule has 2 aromatic rings. The Morgan fingerprint density at radius 3 is 2.81 bits per heavy atom. The maximum atomic E-state index is 12.4. The summed E-state index contributed by atoms with van der Waals surface area (Å²) in [6, 6.07) is 7.58. The van der Waals surface area contributed by atoms with Gasteiger partial charge in [0.15, 0.2) is 0 Å². The van der Waals surface area contributed by atoms with Crippen LogP contribution in [0, 0.1) is 12.8 Å². The van der Waals surface area contributed by atoms with E-state index in [1.165, 1.54) is 0 Å². The molecule has 1 aromatic carbocycles. The fourth-order valence-electron chi connectivity index (χ4n) is 2.98. The van der Waals surface area contributed by atoms with Gasteiger partial charge in [0.25, 0.3) is 0 Å². The largest absolute Gasteiger partial charge is 0.424 e. The normalized spacial score (nSPS) is 17.4. The third kappa shape index (κ3) is 4.82. The summed E-state index contributed by atoms with van der Waals surface area (Å²) in [5.41, 5.74) is 1.11. The Labute approximate surface area is 156 Å². The second-order valence-electron chi connectivity index (χ2n) is 6.38. The lowest BCUT2D eigenvalue weighted by Gasteiger charge is -2.32. The number of hydrogen-bond acceptors (Lipinski definition) is 5. The second-order valence-corrected chi connectivity index (χ2v) is 6.82. The first kappa shape index (κ1) is 18.4. The van der Waals surface area contributed by atoms with E-state index in [0.717, 1.165) is 12.0 Å². The number of rotatable bonds is 6. The van der Waals surface area contributed by atoms with E-state index in [9.17, 15) is 9.59 Å². The summed E-state index contributed by atoms with van der Waals surface area (Å²) in [6.45, 7) is 2.92. The van der Waals surface area contributed by atoms with E-state index in [1.807, 2.05) is 24.3 Å². The Kier molecular flexibility index (Phi) is 5.88. The maximum Gasteiger partial charge on any atom is 0.235 e. The van der Waals surface area contributed by atoms with Crippen LogP contribution in [0.1, 0.15) is 30.2 Å². The van der Waals surface area contributed by atoms with Gasteiger partial charge in [-0.2, -0.15) is 0 Å². The van der Waals surface area contributed by atoms with E-state index in [2.05, 4.69) is 15.5 Å². The summed E-state index contributed by atoms with van der Waals surface area (Å²) in [4.78, 5) is 26.3. The van der Waals surface area contributed by atoms with Crippen molar-refractivity contribution in [1.29, 1.82) is 0 Å². The van der Waals surface area contributed by atoms with Crippen molar-refractivity contribution in [2.24, 2.45) is 5.92 Å². The number of benzene rings is 1. The monoisotopic (exact) mass is 376 g/mol. The molecule has 1 aliphatic rings. The van der Waals surface area contributed by atoms with Crippen molar-refractivity contribution < 1.29 is 14.0 Å². The van der Waals surface area contributed by atoms with Crippen LogP contribution in [-0.4, -0.2) is 40.0 Å². The Morgan fingerprint density at radius 1 is 1.35 bits per heavy atom. The van der Waals surface area contributed by atoms with Crippen molar-refractivity contribution in [3.8, 4) is 0 Å². The molecule has 0 bridgehead atoms. The van der Waals surface area contributed by atoms with Gasteiger partial charge >= 0.3 is 0 Å². The van der Waals surface area contributed by atoms with Gasteiger partial charge in [0.1, 0.15) is 0 Å². The average molecular weight is 377 g/mol. The Hall–Kier alpha value is -2.41. The number of amides is 2. The van der Waals surface area contributed by atoms with Crippen LogP contribution < -0.4 is 5.32 Å². The van der Waals surface area contributed by atoms with Crippen molar-refractivity contribution in [3.63, 3.8) is 0 Å². The minimum atomic E-state index is -0.220. The minimum Gasteiger partial charge on any atom is -0.424 e. The second kappa shape index (κ2) is 8.31. The lowest BCUT2D eigenvalue weighted by Crippen LogP contribution is -2.46. The number of carbonyl (C=O) groups excluding carboxylic acids is 2. The summed E-state index contributed by atoms with van der Waals surface area (Å²) in [7, 11) is 0. The number of likely N-dealkylation sites (tertiary alicyclic amines) is 1. The SMILES string of the molecule is Cc1nnc(CNC(=O)[C@H]2CCC(=O)N(CCc3ccc(Cl)cc3)C2)o1. The third-order valence-corrected chi connectivity index (χ3v) is 4.69. The Bertz CT molecular complexity index is 775. The lowest BCUT2D eigenvalue weighted by molar-refractivity contribution is -0.138. The average Bonchev–Trinajstić information content (AvgIpc) is 3.05. The lowest BCUT2D eigenvalue weighted by atomic mass is 9.96. The van der Waals surface area contributed by atoms with Crippen molar-refractivity contribution >= 4 is 23.4 Å². The molecule has 2 amide bonds. The van der Waals surface area contributed by atoms with Gasteiger partial charge in [-0.3, -0.25) is 9.59 Å². The summed E-state index contributed by atoms with van der Waals surface area (Å²) in [5, 5.41) is 11.1. The van der Waals surface area contributed by atoms with E-state index >= 15 is 0 Å². The van der Waals surface area contributed by atoms with Crippen LogP contribution in [0.3, 0.4) is 0 Å². The molecule has 0 radical (unpaired) electrons. The number of carbonyl (C=O) groups is 2. The van der Waals surface area contributed by atoms with E-state index in [4.69, 9.17) is 16.0 Å². The van der Waals surface area contributed by atoms with Gasteiger partial charge in [-0.15, -0.1) is 10.2 Å². The molecule has 138 valence electrons. The summed E-state index contributed by atoms with van der Waals surface area (Å²) < 4.78 is 5.24. The molecule has 7 nitrogen and oxygen atoms in total. The number of hydrogen-bond donors (Lipinski definition) is 1. The smallest absolute Gasteiger partial charge is 0.235 e. The predicted molar refractivity (Wildman–Crippen MR) is 95.3 cm³/mol. The van der Waals surface area contributed by atoms with E-state index in [0.29, 0.717) is 42.7 Å². The van der Waals surface area contributed by atoms with Gasteiger partial charge in [-0.1, -0.05) is 23.7 Å². The molecule has 0 aliphatic carbocycles. The summed E-state index contributed by atoms with van der Waals surface area (Å²) in [6.07, 6.45) is 1.68. The van der Waals surface area contributed by atoms with E-state index in [-0.39, 0.29) is 24.3 Å². The Morgan fingerprint density at radius 2 is 2.12 bits per heavy atom. The molecule has 1 fully saturated rings. The van der Waals surface area contributed by atoms with Crippen molar-refractivity contribution in [2.45, 2.75) is 32.7 Å². The molecule has 3 rings (SSSR count). The standard InChI is InChI=1S/C18H21ClN4O3/c1-12-21-22-16(26-12)10-20-18(25)14-4-7-17(24)23(11-14)9-8-13-2-5-15(19)6-3-13/h2-3,5-6,14H,4,7-11H2,1H3,(H,20,25)/t14-/m0/s1. The predicted octanol–water partition coefficient (Wildman–Crippen LogP) is 2.13. The van der Waals surface area contributed by atoms with Crippen LogP contribution in [0.2, 0.25) is 5.02 Å². The van der Waals surface area contributed by atoms with Crippen LogP contribution in [0.4, 0.5) is 0 Å². The maximum absolute atomic E-state index is 12.4. The van der Waals surface area contributed by atoms with Crippen LogP contribution >= 0.6 is 11.6 Å². The first-order valence-electron chi connectivity index (χ1n) is 8.60. The van der Waals surface area contributed by atoms with Crippen LogP contribution in [0.25, 0.3) is 0 Å². The highest BCUT2D eigenvalue weighted by Gasteiger charge is 2.30. The zero-order valence-electron chi connectivity index (χ0n) is 14.6. The van der Waals surface area contributed by atoms with Gasteiger partial charge in [0.2, 0.25) is 23.6 Å². The molecule has 0 saturated carbocycles. The third-order valence-electron chi connectivity index (χ3n) is 4.44. The molecule has 1 aliphatic heterocycles. The minimum absolute atomic E-state index is 0.0927.